The molecule has 0 rings (SSSR count). The molecule has 414 valence electrons. The number of hydrogen-bond acceptors (Lipinski definition) is 6. The topological polar surface area (TPSA) is 78.9 Å². The lowest BCUT2D eigenvalue weighted by atomic mass is 10.0. The van der Waals surface area contributed by atoms with E-state index >= 15 is 0 Å². The molecule has 6 nitrogen and oxygen atoms in total. The minimum Gasteiger partial charge on any atom is -0.462 e. The Morgan fingerprint density at radius 1 is 0.271 bits per heavy atom. The largest absolute Gasteiger partial charge is 0.462 e. The van der Waals surface area contributed by atoms with Crippen LogP contribution in [0.15, 0.2) is 12.2 Å². The van der Waals surface area contributed by atoms with Crippen molar-refractivity contribution in [2.75, 3.05) is 13.2 Å². The molecule has 6 heteroatoms. The average molecular weight is 988 g/mol. The summed E-state index contributed by atoms with van der Waals surface area (Å²) in [4.78, 5) is 38.2. The molecular weight excluding hydrogens is 865 g/mol. The summed E-state index contributed by atoms with van der Waals surface area (Å²) in [5.74, 6) is -0.837. The molecule has 0 saturated heterocycles. The number of unbranched alkanes of at least 4 members (excludes halogenated alkanes) is 46. The van der Waals surface area contributed by atoms with Crippen LogP contribution in [0.4, 0.5) is 0 Å². The van der Waals surface area contributed by atoms with Gasteiger partial charge < -0.3 is 14.2 Å². The van der Waals surface area contributed by atoms with Crippen LogP contribution in [-0.2, 0) is 28.6 Å². The maximum atomic E-state index is 12.9. The van der Waals surface area contributed by atoms with Gasteiger partial charge in [-0.3, -0.25) is 14.4 Å². The summed E-state index contributed by atoms with van der Waals surface area (Å²) < 4.78 is 16.9. The number of allylic oxidation sites excluding steroid dienone is 2. The zero-order chi connectivity index (χ0) is 50.7. The van der Waals surface area contributed by atoms with Gasteiger partial charge in [0.1, 0.15) is 13.2 Å². The molecule has 0 amide bonds. The summed E-state index contributed by atoms with van der Waals surface area (Å²) in [5.41, 5.74) is 0. The van der Waals surface area contributed by atoms with Gasteiger partial charge in [0.2, 0.25) is 0 Å². The second-order valence-corrected chi connectivity index (χ2v) is 21.7. The van der Waals surface area contributed by atoms with E-state index in [0.717, 1.165) is 57.8 Å². The van der Waals surface area contributed by atoms with E-state index in [0.29, 0.717) is 19.3 Å². The Bertz CT molecular complexity index is 1090. The first-order chi connectivity index (χ1) is 34.5. The van der Waals surface area contributed by atoms with Crippen LogP contribution in [0.1, 0.15) is 361 Å². The maximum absolute atomic E-state index is 12.9. The van der Waals surface area contributed by atoms with Crippen molar-refractivity contribution in [1.29, 1.82) is 0 Å². The van der Waals surface area contributed by atoms with Crippen molar-refractivity contribution >= 4 is 17.9 Å². The zero-order valence-electron chi connectivity index (χ0n) is 47.6. The first-order valence-corrected chi connectivity index (χ1v) is 31.7. The second-order valence-electron chi connectivity index (χ2n) is 21.7. The van der Waals surface area contributed by atoms with Gasteiger partial charge in [0.05, 0.1) is 0 Å². The minimum absolute atomic E-state index is 0.0641. The Hall–Kier alpha value is -1.85. The van der Waals surface area contributed by atoms with Gasteiger partial charge in [0.25, 0.3) is 0 Å². The highest BCUT2D eigenvalue weighted by molar-refractivity contribution is 5.71. The normalized spacial score (nSPS) is 12.0. The predicted molar refractivity (Wildman–Crippen MR) is 303 cm³/mol. The van der Waals surface area contributed by atoms with Crippen LogP contribution in [-0.4, -0.2) is 37.2 Å². The van der Waals surface area contributed by atoms with Gasteiger partial charge in [-0.2, -0.15) is 0 Å². The highest BCUT2D eigenvalue weighted by Crippen LogP contribution is 2.18. The van der Waals surface area contributed by atoms with E-state index < -0.39 is 6.10 Å². The minimum atomic E-state index is -0.765. The van der Waals surface area contributed by atoms with E-state index in [-0.39, 0.29) is 31.1 Å². The Morgan fingerprint density at radius 3 is 0.714 bits per heavy atom. The van der Waals surface area contributed by atoms with Crippen molar-refractivity contribution in [2.45, 2.75) is 367 Å². The third-order valence-electron chi connectivity index (χ3n) is 14.5. The molecule has 0 bridgehead atoms. The predicted octanol–water partition coefficient (Wildman–Crippen LogP) is 21.3. The van der Waals surface area contributed by atoms with Crippen molar-refractivity contribution in [3.8, 4) is 0 Å². The fourth-order valence-corrected chi connectivity index (χ4v) is 9.74. The first-order valence-electron chi connectivity index (χ1n) is 31.7. The SMILES string of the molecule is CCCCCCCC/C=C\CCCCCCCCCCCC(=O)OC[C@H](COC(=O)CCCCCCCCCCCCCC)OC(=O)CCCCCCCCCCCCCCCCCCCCCCC. The maximum Gasteiger partial charge on any atom is 0.306 e. The quantitative estimate of drug-likeness (QED) is 0.0261. The average Bonchev–Trinajstić information content (AvgIpc) is 3.36. The Kier molecular flexibility index (Phi) is 58.1. The van der Waals surface area contributed by atoms with E-state index in [4.69, 9.17) is 14.2 Å². The third-order valence-corrected chi connectivity index (χ3v) is 14.5. The van der Waals surface area contributed by atoms with Crippen molar-refractivity contribution in [1.82, 2.24) is 0 Å². The first kappa shape index (κ1) is 68.2. The Morgan fingerprint density at radius 2 is 0.471 bits per heavy atom. The van der Waals surface area contributed by atoms with E-state index in [9.17, 15) is 14.4 Å². The molecule has 0 aliphatic carbocycles. The number of carbonyl (C=O) groups is 3. The summed E-state index contributed by atoms with van der Waals surface area (Å²) >= 11 is 0. The van der Waals surface area contributed by atoms with Crippen LogP contribution in [0.2, 0.25) is 0 Å². The molecule has 0 N–H and O–H groups in total. The molecule has 0 aromatic rings. The number of esters is 3. The zero-order valence-corrected chi connectivity index (χ0v) is 47.6. The van der Waals surface area contributed by atoms with Crippen molar-refractivity contribution in [3.63, 3.8) is 0 Å². The summed E-state index contributed by atoms with van der Waals surface area (Å²) in [7, 11) is 0. The molecule has 0 aromatic heterocycles. The van der Waals surface area contributed by atoms with E-state index in [1.165, 1.54) is 263 Å². The number of hydrogen-bond donors (Lipinski definition) is 0. The Balaban J connectivity index is 4.25. The summed E-state index contributed by atoms with van der Waals surface area (Å²) in [5, 5.41) is 0. The molecule has 70 heavy (non-hydrogen) atoms. The molecule has 0 aromatic carbocycles. The van der Waals surface area contributed by atoms with E-state index in [2.05, 4.69) is 32.9 Å². The van der Waals surface area contributed by atoms with Crippen LogP contribution in [0.3, 0.4) is 0 Å². The lowest BCUT2D eigenvalue weighted by molar-refractivity contribution is -0.167. The number of rotatable bonds is 59. The molecule has 0 aliphatic heterocycles. The van der Waals surface area contributed by atoms with E-state index in [1.807, 2.05) is 0 Å². The lowest BCUT2D eigenvalue weighted by Gasteiger charge is -2.18. The third kappa shape index (κ3) is 57.1. The Labute approximate surface area is 437 Å². The summed E-state index contributed by atoms with van der Waals surface area (Å²) in [6, 6.07) is 0. The molecule has 0 heterocycles. The second kappa shape index (κ2) is 59.7. The van der Waals surface area contributed by atoms with Gasteiger partial charge >= 0.3 is 17.9 Å². The highest BCUT2D eigenvalue weighted by atomic mass is 16.6. The molecule has 0 fully saturated rings. The van der Waals surface area contributed by atoms with Crippen molar-refractivity contribution in [3.05, 3.63) is 12.2 Å². The van der Waals surface area contributed by atoms with Gasteiger partial charge in [0, 0.05) is 19.3 Å². The van der Waals surface area contributed by atoms with Gasteiger partial charge in [-0.05, 0) is 44.9 Å². The number of carbonyl (C=O) groups excluding carboxylic acids is 3. The fraction of sp³-hybridized carbons (Fsp3) is 0.922. The van der Waals surface area contributed by atoms with Gasteiger partial charge in [-0.25, -0.2) is 0 Å². The molecule has 0 radical (unpaired) electrons. The monoisotopic (exact) mass is 987 g/mol. The van der Waals surface area contributed by atoms with Crippen LogP contribution < -0.4 is 0 Å². The van der Waals surface area contributed by atoms with Crippen molar-refractivity contribution < 1.29 is 28.6 Å². The molecule has 0 spiro atoms. The van der Waals surface area contributed by atoms with Gasteiger partial charge in [-0.1, -0.05) is 309 Å². The standard InChI is InChI=1S/C64H122O6/c1-4-7-10-13-16-19-22-25-27-29-31-32-34-36-38-40-43-46-49-52-55-58-64(67)70-61(59-68-62(65)56-53-50-47-44-41-24-21-18-15-12-9-6-3)60-69-63(66)57-54-51-48-45-42-39-37-35-33-30-28-26-23-20-17-14-11-8-5-2/h26,28,61H,4-25,27,29-60H2,1-3H3/b28-26-/t61-/m0/s1. The molecule has 0 saturated carbocycles. The molecule has 1 atom stereocenters. The number of ether oxygens (including phenoxy) is 3. The fourth-order valence-electron chi connectivity index (χ4n) is 9.74. The molecule has 0 unspecified atom stereocenters. The summed E-state index contributed by atoms with van der Waals surface area (Å²) in [6.07, 6.45) is 69.3. The van der Waals surface area contributed by atoms with Crippen LogP contribution >= 0.6 is 0 Å². The van der Waals surface area contributed by atoms with Crippen LogP contribution in [0.25, 0.3) is 0 Å². The van der Waals surface area contributed by atoms with E-state index in [1.54, 1.807) is 0 Å². The van der Waals surface area contributed by atoms with Crippen molar-refractivity contribution in [2.24, 2.45) is 0 Å². The highest BCUT2D eigenvalue weighted by Gasteiger charge is 2.19. The van der Waals surface area contributed by atoms with Crippen LogP contribution in [0, 0.1) is 0 Å². The van der Waals surface area contributed by atoms with Gasteiger partial charge in [0.15, 0.2) is 6.10 Å². The van der Waals surface area contributed by atoms with Crippen LogP contribution in [0.5, 0.6) is 0 Å². The lowest BCUT2D eigenvalue weighted by Crippen LogP contribution is -2.30. The molecule has 0 aliphatic rings. The summed E-state index contributed by atoms with van der Waals surface area (Å²) in [6.45, 7) is 6.70. The van der Waals surface area contributed by atoms with Gasteiger partial charge in [-0.15, -0.1) is 0 Å². The smallest absolute Gasteiger partial charge is 0.306 e. The molecular formula is C64H122O6.